The third-order valence-electron chi connectivity index (χ3n) is 5.83. The molecule has 2 fully saturated rings. The molecule has 0 aliphatic heterocycles. The number of hydrogen-bond donors (Lipinski definition) is 3. The number of H-pyrrole nitrogens is 1. The van der Waals surface area contributed by atoms with Crippen molar-refractivity contribution in [3.63, 3.8) is 0 Å². The Kier molecular flexibility index (Phi) is 3.79. The lowest BCUT2D eigenvalue weighted by Crippen LogP contribution is -2.33. The van der Waals surface area contributed by atoms with Crippen molar-refractivity contribution in [2.75, 3.05) is 0 Å². The molecule has 0 saturated heterocycles. The van der Waals surface area contributed by atoms with Gasteiger partial charge in [-0.3, -0.25) is 9.89 Å². The first-order valence-corrected chi connectivity index (χ1v) is 9.24. The number of hydrogen-bond acceptors (Lipinski definition) is 5. The van der Waals surface area contributed by atoms with E-state index in [1.165, 1.54) is 0 Å². The van der Waals surface area contributed by atoms with E-state index in [-0.39, 0.29) is 17.9 Å². The summed E-state index contributed by atoms with van der Waals surface area (Å²) in [7, 11) is 0. The first-order chi connectivity index (χ1) is 13.7. The summed E-state index contributed by atoms with van der Waals surface area (Å²) >= 11 is 6.16. The van der Waals surface area contributed by atoms with Crippen LogP contribution in [0.3, 0.4) is 0 Å². The van der Waals surface area contributed by atoms with E-state index in [9.17, 15) is 23.1 Å². The molecule has 3 aromatic rings. The molecule has 0 bridgehead atoms. The van der Waals surface area contributed by atoms with Crippen LogP contribution < -0.4 is 5.32 Å². The summed E-state index contributed by atoms with van der Waals surface area (Å²) in [5.74, 6) is -1.23. The van der Waals surface area contributed by atoms with Crippen LogP contribution in [0, 0.1) is 11.8 Å². The molecule has 2 unspecified atom stereocenters. The van der Waals surface area contributed by atoms with Crippen LogP contribution in [-0.2, 0) is 11.8 Å². The van der Waals surface area contributed by atoms with Gasteiger partial charge in [0.25, 0.3) is 5.91 Å². The number of fused-ring (bicyclic) bond motifs is 2. The third kappa shape index (κ3) is 2.98. The van der Waals surface area contributed by atoms with Gasteiger partial charge in [0.2, 0.25) is 5.76 Å². The summed E-state index contributed by atoms with van der Waals surface area (Å²) < 4.78 is 42.3. The zero-order chi connectivity index (χ0) is 20.6. The van der Waals surface area contributed by atoms with Gasteiger partial charge in [-0.1, -0.05) is 16.8 Å². The molecule has 0 radical (unpaired) electrons. The Morgan fingerprint density at radius 1 is 1.31 bits per heavy atom. The fourth-order valence-electron chi connectivity index (χ4n) is 4.44. The Balaban J connectivity index is 1.29. The highest BCUT2D eigenvalue weighted by Crippen LogP contribution is 2.60. The number of aromatic amines is 1. The molecule has 29 heavy (non-hydrogen) atoms. The Morgan fingerprint density at radius 2 is 2.03 bits per heavy atom. The van der Waals surface area contributed by atoms with Crippen molar-refractivity contribution in [2.45, 2.75) is 30.7 Å². The number of halogens is 4. The lowest BCUT2D eigenvalue weighted by molar-refractivity contribution is -0.142. The topological polar surface area (TPSA) is 104 Å². The highest BCUT2D eigenvalue weighted by atomic mass is 35.5. The molecule has 2 aromatic heterocycles. The second-order valence-electron chi connectivity index (χ2n) is 7.63. The molecule has 2 saturated carbocycles. The minimum absolute atomic E-state index is 0.00916. The van der Waals surface area contributed by atoms with Crippen LogP contribution in [0.5, 0.6) is 0 Å². The van der Waals surface area contributed by atoms with Crippen molar-refractivity contribution in [3.8, 4) is 0 Å². The molecule has 11 heteroatoms. The number of benzene rings is 1. The summed E-state index contributed by atoms with van der Waals surface area (Å²) in [5, 5.41) is 24.8. The number of nitrogens with zero attached hydrogens (tertiary/aromatic N) is 2. The second-order valence-corrected chi connectivity index (χ2v) is 8.06. The molecular weight excluding hydrogens is 413 g/mol. The molecule has 0 spiro atoms. The maximum atomic E-state index is 12.6. The quantitative estimate of drug-likeness (QED) is 0.596. The molecule has 2 aliphatic carbocycles. The van der Waals surface area contributed by atoms with Crippen LogP contribution in [0.4, 0.5) is 13.2 Å². The number of aliphatic hydroxyl groups is 1. The molecule has 152 valence electrons. The van der Waals surface area contributed by atoms with Gasteiger partial charge < -0.3 is 14.9 Å². The van der Waals surface area contributed by atoms with Crippen LogP contribution in [0.2, 0.25) is 5.02 Å². The highest BCUT2D eigenvalue weighted by Gasteiger charge is 2.62. The number of carbonyl (C=O) groups is 1. The molecule has 5 rings (SSSR count). The maximum absolute atomic E-state index is 12.6. The third-order valence-corrected chi connectivity index (χ3v) is 6.04. The summed E-state index contributed by atoms with van der Waals surface area (Å²) in [4.78, 5) is 12.2. The van der Waals surface area contributed by atoms with Crippen LogP contribution in [0.25, 0.3) is 10.9 Å². The molecular formula is C18H14ClF3N4O3. The first-order valence-electron chi connectivity index (χ1n) is 8.86. The average Bonchev–Trinajstić information content (AvgIpc) is 3.16. The van der Waals surface area contributed by atoms with Gasteiger partial charge in [-0.25, -0.2) is 0 Å². The lowest BCUT2D eigenvalue weighted by Gasteiger charge is -2.27. The van der Waals surface area contributed by atoms with Crippen molar-refractivity contribution < 1.29 is 27.6 Å². The zero-order valence-corrected chi connectivity index (χ0v) is 15.4. The molecule has 4 atom stereocenters. The van der Waals surface area contributed by atoms with Gasteiger partial charge in [0.15, 0.2) is 5.69 Å². The van der Waals surface area contributed by atoms with Crippen molar-refractivity contribution >= 4 is 28.4 Å². The smallest absolute Gasteiger partial charge is 0.385 e. The number of rotatable bonds is 3. The number of carbonyl (C=O) groups excluding carboxylic acids is 1. The zero-order valence-electron chi connectivity index (χ0n) is 14.6. The maximum Gasteiger partial charge on any atom is 0.436 e. The normalized spacial score (nSPS) is 28.5. The predicted octanol–water partition coefficient (Wildman–Crippen LogP) is 3.25. The van der Waals surface area contributed by atoms with E-state index in [1.54, 1.807) is 18.3 Å². The van der Waals surface area contributed by atoms with Crippen LogP contribution in [-0.4, -0.2) is 32.4 Å². The molecule has 3 N–H and O–H groups in total. The van der Waals surface area contributed by atoms with Gasteiger partial charge in [0, 0.05) is 22.5 Å². The minimum atomic E-state index is -4.68. The number of nitrogens with one attached hydrogen (secondary N) is 2. The SMILES string of the molecule is O=C(NC1[C@H]2CC(O)(c3cc(Cl)cc4[nH]ncc34)C[C@@H]12)c1cc(C(F)(F)F)no1. The van der Waals surface area contributed by atoms with Gasteiger partial charge in [-0.05, 0) is 42.4 Å². The Morgan fingerprint density at radius 3 is 2.69 bits per heavy atom. The lowest BCUT2D eigenvalue weighted by atomic mass is 9.86. The van der Waals surface area contributed by atoms with E-state index in [0.717, 1.165) is 10.9 Å². The van der Waals surface area contributed by atoms with E-state index in [2.05, 4.69) is 25.2 Å². The van der Waals surface area contributed by atoms with Crippen molar-refractivity contribution in [1.82, 2.24) is 20.7 Å². The van der Waals surface area contributed by atoms with E-state index in [1.807, 2.05) is 0 Å². The fourth-order valence-corrected chi connectivity index (χ4v) is 4.66. The number of alkyl halides is 3. The van der Waals surface area contributed by atoms with Gasteiger partial charge in [-0.2, -0.15) is 18.3 Å². The standard InChI is InChI=1S/C18H14ClF3N4O3/c19-7-1-11(10-6-23-25-12(10)2-7)17(28)4-8-9(5-17)15(8)24-16(27)13-3-14(26-29-13)18(20,21)22/h1-3,6,8-9,15,28H,4-5H2,(H,23,25)(H,24,27)/t8-,9+,15?,17?. The summed E-state index contributed by atoms with van der Waals surface area (Å²) in [6.07, 6.45) is -2.25. The van der Waals surface area contributed by atoms with Gasteiger partial charge in [-0.15, -0.1) is 0 Å². The molecule has 2 aliphatic rings. The minimum Gasteiger partial charge on any atom is -0.385 e. The Bertz CT molecular complexity index is 1110. The second kappa shape index (κ2) is 5.96. The first kappa shape index (κ1) is 18.4. The Labute approximate surface area is 166 Å². The van der Waals surface area contributed by atoms with Crippen LogP contribution >= 0.6 is 11.6 Å². The van der Waals surface area contributed by atoms with Gasteiger partial charge >= 0.3 is 6.18 Å². The van der Waals surface area contributed by atoms with E-state index in [0.29, 0.717) is 29.5 Å². The van der Waals surface area contributed by atoms with Crippen molar-refractivity contribution in [3.05, 3.63) is 46.4 Å². The number of amides is 1. The summed E-state index contributed by atoms with van der Waals surface area (Å²) in [6, 6.07) is 3.78. The summed E-state index contributed by atoms with van der Waals surface area (Å²) in [5.41, 5.74) is -0.967. The van der Waals surface area contributed by atoms with Crippen LogP contribution in [0.15, 0.2) is 28.9 Å². The molecule has 2 heterocycles. The summed E-state index contributed by atoms with van der Waals surface area (Å²) in [6.45, 7) is 0. The largest absolute Gasteiger partial charge is 0.436 e. The predicted molar refractivity (Wildman–Crippen MR) is 94.0 cm³/mol. The van der Waals surface area contributed by atoms with Gasteiger partial charge in [0.05, 0.1) is 17.3 Å². The molecule has 1 amide bonds. The van der Waals surface area contributed by atoms with E-state index < -0.39 is 29.1 Å². The average molecular weight is 427 g/mol. The van der Waals surface area contributed by atoms with E-state index in [4.69, 9.17) is 11.6 Å². The fraction of sp³-hybridized carbons (Fsp3) is 0.389. The molecule has 1 aromatic carbocycles. The van der Waals surface area contributed by atoms with Crippen LogP contribution in [0.1, 0.15) is 34.7 Å². The van der Waals surface area contributed by atoms with Gasteiger partial charge in [0.1, 0.15) is 0 Å². The van der Waals surface area contributed by atoms with Crippen molar-refractivity contribution in [1.29, 1.82) is 0 Å². The van der Waals surface area contributed by atoms with E-state index >= 15 is 0 Å². The number of aromatic nitrogens is 3. The van der Waals surface area contributed by atoms with Crippen molar-refractivity contribution in [2.24, 2.45) is 11.8 Å². The molecule has 7 nitrogen and oxygen atoms in total. The Hall–Kier alpha value is -2.59. The highest BCUT2D eigenvalue weighted by molar-refractivity contribution is 6.31. The monoisotopic (exact) mass is 426 g/mol.